The molecule has 25 heavy (non-hydrogen) atoms. The summed E-state index contributed by atoms with van der Waals surface area (Å²) in [4.78, 5) is 19.1. The maximum atomic E-state index is 12.2. The van der Waals surface area contributed by atoms with Crippen molar-refractivity contribution in [1.29, 1.82) is 0 Å². The summed E-state index contributed by atoms with van der Waals surface area (Å²) in [5.74, 6) is 0. The SMILES string of the molecule is CCc1ccc2nc(NC(=O)NCC3CCCN3CCOC)sc2c1. The van der Waals surface area contributed by atoms with Crippen molar-refractivity contribution in [3.05, 3.63) is 23.8 Å². The van der Waals surface area contributed by atoms with Crippen LogP contribution in [0.1, 0.15) is 25.3 Å². The fraction of sp³-hybridized carbons (Fsp3) is 0.556. The zero-order valence-corrected chi connectivity index (χ0v) is 15.7. The number of benzene rings is 1. The molecule has 2 aromatic rings. The number of hydrogen-bond donors (Lipinski definition) is 2. The molecular weight excluding hydrogens is 336 g/mol. The molecule has 2 amide bonds. The van der Waals surface area contributed by atoms with Crippen molar-refractivity contribution >= 4 is 32.7 Å². The van der Waals surface area contributed by atoms with Crippen LogP contribution in [0.15, 0.2) is 18.2 Å². The van der Waals surface area contributed by atoms with E-state index in [1.807, 2.05) is 6.07 Å². The quantitative estimate of drug-likeness (QED) is 0.794. The molecule has 1 aromatic heterocycles. The van der Waals surface area contributed by atoms with E-state index in [1.54, 1.807) is 7.11 Å². The van der Waals surface area contributed by atoms with Crippen LogP contribution in [0.25, 0.3) is 10.2 Å². The number of aryl methyl sites for hydroxylation is 1. The van der Waals surface area contributed by atoms with Crippen LogP contribution < -0.4 is 10.6 Å². The molecule has 1 fully saturated rings. The second kappa shape index (κ2) is 8.60. The molecule has 136 valence electrons. The lowest BCUT2D eigenvalue weighted by molar-refractivity contribution is 0.140. The smallest absolute Gasteiger partial charge is 0.321 e. The Bertz CT molecular complexity index is 718. The summed E-state index contributed by atoms with van der Waals surface area (Å²) in [6.45, 7) is 5.51. The number of nitrogens with one attached hydrogen (secondary N) is 2. The second-order valence-corrected chi connectivity index (χ2v) is 7.37. The molecule has 2 heterocycles. The first-order valence-electron chi connectivity index (χ1n) is 8.87. The monoisotopic (exact) mass is 362 g/mol. The zero-order chi connectivity index (χ0) is 17.6. The number of methoxy groups -OCH3 is 1. The van der Waals surface area contributed by atoms with Gasteiger partial charge in [0.05, 0.1) is 16.8 Å². The summed E-state index contributed by atoms with van der Waals surface area (Å²) in [5, 5.41) is 6.49. The second-order valence-electron chi connectivity index (χ2n) is 6.33. The minimum atomic E-state index is -0.187. The highest BCUT2D eigenvalue weighted by Crippen LogP contribution is 2.27. The molecule has 6 nitrogen and oxygen atoms in total. The predicted octanol–water partition coefficient (Wildman–Crippen LogP) is 3.09. The largest absolute Gasteiger partial charge is 0.383 e. The van der Waals surface area contributed by atoms with E-state index in [2.05, 4.69) is 39.6 Å². The summed E-state index contributed by atoms with van der Waals surface area (Å²) >= 11 is 1.51. The van der Waals surface area contributed by atoms with Crippen LogP contribution in [0.5, 0.6) is 0 Å². The van der Waals surface area contributed by atoms with E-state index in [4.69, 9.17) is 4.74 Å². The van der Waals surface area contributed by atoms with E-state index in [9.17, 15) is 4.79 Å². The topological polar surface area (TPSA) is 66.5 Å². The number of aromatic nitrogens is 1. The van der Waals surface area contributed by atoms with E-state index >= 15 is 0 Å². The van der Waals surface area contributed by atoms with Crippen molar-refractivity contribution < 1.29 is 9.53 Å². The number of urea groups is 1. The van der Waals surface area contributed by atoms with Crippen molar-refractivity contribution in [1.82, 2.24) is 15.2 Å². The van der Waals surface area contributed by atoms with Crippen LogP contribution in [0, 0.1) is 0 Å². The van der Waals surface area contributed by atoms with Crippen LogP contribution in [0.2, 0.25) is 0 Å². The van der Waals surface area contributed by atoms with E-state index in [-0.39, 0.29) is 6.03 Å². The van der Waals surface area contributed by atoms with Crippen LogP contribution >= 0.6 is 11.3 Å². The number of anilines is 1. The van der Waals surface area contributed by atoms with Crippen molar-refractivity contribution in [3.8, 4) is 0 Å². The molecule has 0 saturated carbocycles. The molecule has 1 saturated heterocycles. The number of ether oxygens (including phenoxy) is 1. The Hall–Kier alpha value is -1.70. The lowest BCUT2D eigenvalue weighted by Gasteiger charge is -2.24. The summed E-state index contributed by atoms with van der Waals surface area (Å²) in [6.07, 6.45) is 3.29. The molecule has 3 rings (SSSR count). The molecule has 0 spiro atoms. The van der Waals surface area contributed by atoms with Gasteiger partial charge in [0.1, 0.15) is 0 Å². The predicted molar refractivity (Wildman–Crippen MR) is 102 cm³/mol. The number of nitrogens with zero attached hydrogens (tertiary/aromatic N) is 2. The van der Waals surface area contributed by atoms with Gasteiger partial charge in [-0.25, -0.2) is 9.78 Å². The molecule has 1 aromatic carbocycles. The molecule has 0 bridgehead atoms. The number of carbonyl (C=O) groups is 1. The van der Waals surface area contributed by atoms with Crippen molar-refractivity contribution in [2.45, 2.75) is 32.2 Å². The lowest BCUT2D eigenvalue weighted by atomic mass is 10.2. The van der Waals surface area contributed by atoms with Gasteiger partial charge < -0.3 is 10.1 Å². The van der Waals surface area contributed by atoms with Gasteiger partial charge in [-0.3, -0.25) is 10.2 Å². The Balaban J connectivity index is 1.52. The number of hydrogen-bond acceptors (Lipinski definition) is 5. The Kier molecular flexibility index (Phi) is 6.23. The van der Waals surface area contributed by atoms with Gasteiger partial charge in [-0.05, 0) is 43.5 Å². The average molecular weight is 362 g/mol. The molecule has 2 N–H and O–H groups in total. The van der Waals surface area contributed by atoms with E-state index in [1.165, 1.54) is 23.3 Å². The lowest BCUT2D eigenvalue weighted by Crippen LogP contribution is -2.42. The third kappa shape index (κ3) is 4.68. The Morgan fingerprint density at radius 3 is 3.16 bits per heavy atom. The van der Waals surface area contributed by atoms with Crippen molar-refractivity contribution in [2.24, 2.45) is 0 Å². The fourth-order valence-electron chi connectivity index (χ4n) is 3.22. The number of likely N-dealkylation sites (tertiary alicyclic amines) is 1. The van der Waals surface area contributed by atoms with Gasteiger partial charge in [0.15, 0.2) is 5.13 Å². The molecule has 0 aliphatic carbocycles. The van der Waals surface area contributed by atoms with Crippen LogP contribution in [0.4, 0.5) is 9.93 Å². The maximum absolute atomic E-state index is 12.2. The van der Waals surface area contributed by atoms with Gasteiger partial charge >= 0.3 is 6.03 Å². The molecule has 0 radical (unpaired) electrons. The van der Waals surface area contributed by atoms with Gasteiger partial charge in [0.25, 0.3) is 0 Å². The summed E-state index contributed by atoms with van der Waals surface area (Å²) in [7, 11) is 1.72. The Labute approximate surface area is 152 Å². The molecule has 1 atom stereocenters. The van der Waals surface area contributed by atoms with Gasteiger partial charge in [0, 0.05) is 26.2 Å². The summed E-state index contributed by atoms with van der Waals surface area (Å²) < 4.78 is 6.26. The summed E-state index contributed by atoms with van der Waals surface area (Å²) in [6, 6.07) is 6.44. The number of carbonyl (C=O) groups excluding carboxylic acids is 1. The molecule has 1 aliphatic heterocycles. The van der Waals surface area contributed by atoms with Crippen molar-refractivity contribution in [2.75, 3.05) is 38.7 Å². The molecule has 1 aliphatic rings. The van der Waals surface area contributed by atoms with E-state index in [0.717, 1.165) is 42.8 Å². The third-order valence-electron chi connectivity index (χ3n) is 4.66. The third-order valence-corrected chi connectivity index (χ3v) is 5.60. The number of amides is 2. The molecule has 1 unspecified atom stereocenters. The van der Waals surface area contributed by atoms with E-state index in [0.29, 0.717) is 17.7 Å². The number of fused-ring (bicyclic) bond motifs is 1. The van der Waals surface area contributed by atoms with Crippen molar-refractivity contribution in [3.63, 3.8) is 0 Å². The van der Waals surface area contributed by atoms with Crippen LogP contribution in [0.3, 0.4) is 0 Å². The normalized spacial score (nSPS) is 17.9. The van der Waals surface area contributed by atoms with Gasteiger partial charge in [-0.15, -0.1) is 0 Å². The molecular formula is C18H26N4O2S. The highest BCUT2D eigenvalue weighted by molar-refractivity contribution is 7.22. The number of rotatable bonds is 7. The number of thiazole rings is 1. The van der Waals surface area contributed by atoms with Gasteiger partial charge in [-0.1, -0.05) is 24.3 Å². The first kappa shape index (κ1) is 18.1. The van der Waals surface area contributed by atoms with Crippen LogP contribution in [-0.2, 0) is 11.2 Å². The van der Waals surface area contributed by atoms with Crippen LogP contribution in [-0.4, -0.2) is 55.3 Å². The standard InChI is InChI=1S/C18H26N4O2S/c1-3-13-6-7-15-16(11-13)25-18(20-15)21-17(23)19-12-14-5-4-8-22(14)9-10-24-2/h6-7,11,14H,3-5,8-10,12H2,1-2H3,(H2,19,20,21,23). The minimum absolute atomic E-state index is 0.187. The van der Waals surface area contributed by atoms with Gasteiger partial charge in [-0.2, -0.15) is 0 Å². The highest BCUT2D eigenvalue weighted by atomic mass is 32.1. The minimum Gasteiger partial charge on any atom is -0.383 e. The molecule has 7 heteroatoms. The van der Waals surface area contributed by atoms with E-state index < -0.39 is 0 Å². The summed E-state index contributed by atoms with van der Waals surface area (Å²) in [5.41, 5.74) is 2.21. The Morgan fingerprint density at radius 2 is 2.36 bits per heavy atom. The first-order valence-corrected chi connectivity index (χ1v) is 9.68. The van der Waals surface area contributed by atoms with Gasteiger partial charge in [0.2, 0.25) is 0 Å². The maximum Gasteiger partial charge on any atom is 0.321 e. The fourth-order valence-corrected chi connectivity index (χ4v) is 4.15. The highest BCUT2D eigenvalue weighted by Gasteiger charge is 2.24. The zero-order valence-electron chi connectivity index (χ0n) is 14.9. The first-order chi connectivity index (χ1) is 12.2. The average Bonchev–Trinajstić information content (AvgIpc) is 3.23. The Morgan fingerprint density at radius 1 is 1.48 bits per heavy atom.